The van der Waals surface area contributed by atoms with Gasteiger partial charge in [0.1, 0.15) is 0 Å². The number of rotatable bonds is 7. The van der Waals surface area contributed by atoms with Crippen molar-refractivity contribution in [1.82, 2.24) is 9.88 Å². The Morgan fingerprint density at radius 1 is 1.44 bits per heavy atom. The zero-order valence-corrected chi connectivity index (χ0v) is 10.1. The monoisotopic (exact) mass is 252 g/mol. The summed E-state index contributed by atoms with van der Waals surface area (Å²) in [6, 6.07) is 3.69. The van der Waals surface area contributed by atoms with Gasteiger partial charge < -0.3 is 15.1 Å². The molecule has 1 unspecified atom stereocenters. The second kappa shape index (κ2) is 6.70. The van der Waals surface area contributed by atoms with Gasteiger partial charge in [0.2, 0.25) is 0 Å². The third-order valence-corrected chi connectivity index (χ3v) is 2.48. The summed E-state index contributed by atoms with van der Waals surface area (Å²) in [5.74, 6) is -3.09. The molecule has 0 aliphatic heterocycles. The van der Waals surface area contributed by atoms with Crippen LogP contribution in [0.5, 0.6) is 0 Å². The number of hydrogen-bond donors (Lipinski definition) is 2. The van der Waals surface area contributed by atoms with Gasteiger partial charge in [-0.2, -0.15) is 0 Å². The van der Waals surface area contributed by atoms with E-state index in [9.17, 15) is 9.59 Å². The van der Waals surface area contributed by atoms with Crippen molar-refractivity contribution in [2.24, 2.45) is 5.92 Å². The van der Waals surface area contributed by atoms with E-state index in [0.717, 1.165) is 5.56 Å². The first-order valence-electron chi connectivity index (χ1n) is 5.51. The van der Waals surface area contributed by atoms with Crippen LogP contribution in [0.3, 0.4) is 0 Å². The summed E-state index contributed by atoms with van der Waals surface area (Å²) in [6.07, 6.45) is 2.99. The average Bonchev–Trinajstić information content (AvgIpc) is 2.28. The summed E-state index contributed by atoms with van der Waals surface area (Å²) in [5.41, 5.74) is 0.958. The van der Waals surface area contributed by atoms with Crippen molar-refractivity contribution in [2.45, 2.75) is 13.0 Å². The number of pyridine rings is 1. The van der Waals surface area contributed by atoms with Crippen molar-refractivity contribution >= 4 is 11.9 Å². The molecule has 0 fully saturated rings. The van der Waals surface area contributed by atoms with Crippen LogP contribution in [0.25, 0.3) is 0 Å². The lowest BCUT2D eigenvalue weighted by molar-refractivity contribution is -0.148. The summed E-state index contributed by atoms with van der Waals surface area (Å²) in [7, 11) is 1.75. The van der Waals surface area contributed by atoms with Crippen molar-refractivity contribution in [1.29, 1.82) is 0 Å². The predicted molar refractivity (Wildman–Crippen MR) is 63.9 cm³/mol. The zero-order chi connectivity index (χ0) is 13.5. The van der Waals surface area contributed by atoms with Crippen LogP contribution in [-0.4, -0.2) is 45.6 Å². The summed E-state index contributed by atoms with van der Waals surface area (Å²) in [5, 5.41) is 17.6. The fourth-order valence-corrected chi connectivity index (χ4v) is 1.68. The van der Waals surface area contributed by atoms with E-state index in [1.807, 2.05) is 6.07 Å². The van der Waals surface area contributed by atoms with E-state index in [0.29, 0.717) is 6.54 Å². The second-order valence-corrected chi connectivity index (χ2v) is 4.19. The fourth-order valence-electron chi connectivity index (χ4n) is 1.68. The lowest BCUT2D eigenvalue weighted by Crippen LogP contribution is -2.31. The van der Waals surface area contributed by atoms with Gasteiger partial charge in [0.05, 0.1) is 12.3 Å². The molecule has 0 radical (unpaired) electrons. The Morgan fingerprint density at radius 3 is 2.67 bits per heavy atom. The van der Waals surface area contributed by atoms with Gasteiger partial charge in [0.15, 0.2) is 0 Å². The molecule has 1 rings (SSSR count). The molecule has 0 amide bonds. The minimum atomic E-state index is -1.10. The third-order valence-electron chi connectivity index (χ3n) is 2.48. The molecule has 18 heavy (non-hydrogen) atoms. The van der Waals surface area contributed by atoms with Crippen molar-refractivity contribution in [3.63, 3.8) is 0 Å². The molecular formula is C12H16N2O4. The van der Waals surface area contributed by atoms with Gasteiger partial charge >= 0.3 is 11.9 Å². The minimum Gasteiger partial charge on any atom is -0.481 e. The van der Waals surface area contributed by atoms with E-state index in [4.69, 9.17) is 10.2 Å². The van der Waals surface area contributed by atoms with Crippen molar-refractivity contribution in [3.05, 3.63) is 30.1 Å². The standard InChI is InChI=1S/C12H16N2O4/c1-14(7-9-3-2-4-13-6-9)8-10(12(17)18)5-11(15)16/h2-4,6,10H,5,7-8H2,1H3,(H,15,16)(H,17,18). The van der Waals surface area contributed by atoms with Gasteiger partial charge in [0.25, 0.3) is 0 Å². The molecule has 1 aromatic rings. The van der Waals surface area contributed by atoms with Crippen LogP contribution in [0.4, 0.5) is 0 Å². The van der Waals surface area contributed by atoms with Crippen LogP contribution in [0.15, 0.2) is 24.5 Å². The van der Waals surface area contributed by atoms with E-state index in [2.05, 4.69) is 4.98 Å². The number of nitrogens with zero attached hydrogens (tertiary/aromatic N) is 2. The lowest BCUT2D eigenvalue weighted by atomic mass is 10.1. The van der Waals surface area contributed by atoms with Gasteiger partial charge in [-0.25, -0.2) is 0 Å². The Bertz CT molecular complexity index is 408. The first-order chi connectivity index (χ1) is 8.49. The highest BCUT2D eigenvalue weighted by Crippen LogP contribution is 2.08. The number of carboxylic acids is 2. The number of carboxylic acid groups (broad SMARTS) is 2. The summed E-state index contributed by atoms with van der Waals surface area (Å²) >= 11 is 0. The molecule has 0 saturated carbocycles. The molecule has 1 heterocycles. The quantitative estimate of drug-likeness (QED) is 0.742. The summed E-state index contributed by atoms with van der Waals surface area (Å²) in [4.78, 5) is 27.2. The van der Waals surface area contributed by atoms with Gasteiger partial charge in [-0.1, -0.05) is 6.07 Å². The van der Waals surface area contributed by atoms with Crippen molar-refractivity contribution < 1.29 is 19.8 Å². The second-order valence-electron chi connectivity index (χ2n) is 4.19. The van der Waals surface area contributed by atoms with E-state index >= 15 is 0 Å². The van der Waals surface area contributed by atoms with Gasteiger partial charge in [-0.15, -0.1) is 0 Å². The van der Waals surface area contributed by atoms with Crippen LogP contribution in [0.1, 0.15) is 12.0 Å². The van der Waals surface area contributed by atoms with E-state index in [1.165, 1.54) is 0 Å². The molecule has 6 heteroatoms. The molecule has 0 saturated heterocycles. The molecule has 0 aliphatic carbocycles. The zero-order valence-electron chi connectivity index (χ0n) is 10.1. The third kappa shape index (κ3) is 4.92. The van der Waals surface area contributed by atoms with Crippen LogP contribution in [0.2, 0.25) is 0 Å². The number of hydrogen-bond acceptors (Lipinski definition) is 4. The molecule has 1 aromatic heterocycles. The molecule has 0 spiro atoms. The summed E-state index contributed by atoms with van der Waals surface area (Å²) < 4.78 is 0. The van der Waals surface area contributed by atoms with Crippen molar-refractivity contribution in [3.8, 4) is 0 Å². The molecule has 1 atom stereocenters. The van der Waals surface area contributed by atoms with Crippen LogP contribution >= 0.6 is 0 Å². The molecule has 0 aromatic carbocycles. The Labute approximate surface area is 105 Å². The minimum absolute atomic E-state index is 0.191. The van der Waals surface area contributed by atoms with E-state index in [1.54, 1.807) is 30.4 Å². The summed E-state index contributed by atoms with van der Waals surface area (Å²) in [6.45, 7) is 0.730. The van der Waals surface area contributed by atoms with Crippen LogP contribution in [-0.2, 0) is 16.1 Å². The molecule has 6 nitrogen and oxygen atoms in total. The smallest absolute Gasteiger partial charge is 0.308 e. The highest BCUT2D eigenvalue weighted by molar-refractivity contribution is 5.77. The normalized spacial score (nSPS) is 12.3. The molecule has 2 N–H and O–H groups in total. The maximum absolute atomic E-state index is 10.9. The Hall–Kier alpha value is -1.95. The Balaban J connectivity index is 2.53. The Morgan fingerprint density at radius 2 is 2.17 bits per heavy atom. The van der Waals surface area contributed by atoms with E-state index < -0.39 is 17.9 Å². The maximum atomic E-state index is 10.9. The largest absolute Gasteiger partial charge is 0.481 e. The molecule has 0 aliphatic rings. The highest BCUT2D eigenvalue weighted by atomic mass is 16.4. The number of aromatic nitrogens is 1. The molecule has 0 bridgehead atoms. The average molecular weight is 252 g/mol. The Kier molecular flexibility index (Phi) is 5.26. The topological polar surface area (TPSA) is 90.7 Å². The van der Waals surface area contributed by atoms with Crippen LogP contribution < -0.4 is 0 Å². The first kappa shape index (κ1) is 14.1. The first-order valence-corrected chi connectivity index (χ1v) is 5.51. The number of aliphatic carboxylic acids is 2. The lowest BCUT2D eigenvalue weighted by Gasteiger charge is -2.20. The van der Waals surface area contributed by atoms with Gasteiger partial charge in [-0.3, -0.25) is 14.6 Å². The van der Waals surface area contributed by atoms with Gasteiger partial charge in [-0.05, 0) is 18.7 Å². The molecule has 98 valence electrons. The van der Waals surface area contributed by atoms with E-state index in [-0.39, 0.29) is 13.0 Å². The SMILES string of the molecule is CN(Cc1cccnc1)CC(CC(=O)O)C(=O)O. The van der Waals surface area contributed by atoms with Crippen LogP contribution in [0, 0.1) is 5.92 Å². The number of carbonyl (C=O) groups is 2. The highest BCUT2D eigenvalue weighted by Gasteiger charge is 2.22. The molecular weight excluding hydrogens is 236 g/mol. The fraction of sp³-hybridized carbons (Fsp3) is 0.417. The predicted octanol–water partition coefficient (Wildman–Crippen LogP) is 0.689. The van der Waals surface area contributed by atoms with Gasteiger partial charge in [0, 0.05) is 25.5 Å². The maximum Gasteiger partial charge on any atom is 0.308 e. The van der Waals surface area contributed by atoms with Crippen molar-refractivity contribution in [2.75, 3.05) is 13.6 Å².